The standard InChI is InChI=1S/C13H9N3O2/c17-12-11-8-4-5-9-15(11)14-13(18)16(12)10-6-2-1-3-7-10/h1-9H/p+1. The van der Waals surface area contributed by atoms with Crippen LogP contribution in [0.15, 0.2) is 64.3 Å². The lowest BCUT2D eigenvalue weighted by Gasteiger charge is -2.01. The highest BCUT2D eigenvalue weighted by Gasteiger charge is 2.14. The number of rotatable bonds is 1. The largest absolute Gasteiger partial charge is 0.382 e. The Labute approximate surface area is 102 Å². The minimum atomic E-state index is -0.463. The SMILES string of the molecule is O=c1[nH][n+]2ccccc2c(=O)n1-c1ccccc1. The van der Waals surface area contributed by atoms with E-state index in [9.17, 15) is 9.59 Å². The quantitative estimate of drug-likeness (QED) is 0.620. The third-order valence-electron chi connectivity index (χ3n) is 2.72. The van der Waals surface area contributed by atoms with E-state index >= 15 is 0 Å². The summed E-state index contributed by atoms with van der Waals surface area (Å²) in [4.78, 5) is 24.2. The van der Waals surface area contributed by atoms with Crippen molar-refractivity contribution in [2.24, 2.45) is 0 Å². The second-order valence-electron chi connectivity index (χ2n) is 3.85. The summed E-state index contributed by atoms with van der Waals surface area (Å²) in [5, 5.41) is 2.62. The van der Waals surface area contributed by atoms with Crippen LogP contribution in [0.4, 0.5) is 0 Å². The molecular weight excluding hydrogens is 230 g/mol. The molecule has 88 valence electrons. The van der Waals surface area contributed by atoms with Crippen LogP contribution in [0.5, 0.6) is 0 Å². The third-order valence-corrected chi connectivity index (χ3v) is 2.72. The lowest BCUT2D eigenvalue weighted by Crippen LogP contribution is -2.46. The van der Waals surface area contributed by atoms with Crippen LogP contribution < -0.4 is 15.8 Å². The number of aromatic nitrogens is 3. The number of para-hydroxylation sites is 1. The average molecular weight is 240 g/mol. The molecule has 0 amide bonds. The van der Waals surface area contributed by atoms with Gasteiger partial charge in [-0.05, 0) is 18.2 Å². The Kier molecular flexibility index (Phi) is 2.30. The van der Waals surface area contributed by atoms with Crippen LogP contribution >= 0.6 is 0 Å². The highest BCUT2D eigenvalue weighted by atomic mass is 16.2. The summed E-state index contributed by atoms with van der Waals surface area (Å²) in [5.41, 5.74) is 0.163. The summed E-state index contributed by atoms with van der Waals surface area (Å²) in [6, 6.07) is 14.0. The molecule has 3 aromatic rings. The number of benzene rings is 1. The Balaban J connectivity index is 2.45. The fourth-order valence-electron chi connectivity index (χ4n) is 1.89. The lowest BCUT2D eigenvalue weighted by molar-refractivity contribution is -0.584. The van der Waals surface area contributed by atoms with Crippen LogP contribution in [0, 0.1) is 0 Å². The van der Waals surface area contributed by atoms with Gasteiger partial charge in [-0.1, -0.05) is 22.7 Å². The molecule has 0 aliphatic heterocycles. The van der Waals surface area contributed by atoms with Gasteiger partial charge >= 0.3 is 16.8 Å². The Morgan fingerprint density at radius 3 is 2.44 bits per heavy atom. The van der Waals surface area contributed by atoms with Crippen LogP contribution in [-0.2, 0) is 0 Å². The van der Waals surface area contributed by atoms with Gasteiger partial charge in [-0.25, -0.2) is 9.36 Å². The number of nitrogens with zero attached hydrogens (tertiary/aromatic N) is 2. The van der Waals surface area contributed by atoms with Crippen molar-refractivity contribution < 1.29 is 4.52 Å². The maximum Gasteiger partial charge on any atom is 0.382 e. The van der Waals surface area contributed by atoms with E-state index in [2.05, 4.69) is 5.10 Å². The van der Waals surface area contributed by atoms with E-state index in [4.69, 9.17) is 0 Å². The lowest BCUT2D eigenvalue weighted by atomic mass is 10.3. The second-order valence-corrected chi connectivity index (χ2v) is 3.85. The van der Waals surface area contributed by atoms with Gasteiger partial charge < -0.3 is 0 Å². The normalized spacial score (nSPS) is 10.7. The summed E-state index contributed by atoms with van der Waals surface area (Å²) in [5.74, 6) is 0. The minimum absolute atomic E-state index is 0.342. The second kappa shape index (κ2) is 3.96. The zero-order valence-electron chi connectivity index (χ0n) is 9.41. The van der Waals surface area contributed by atoms with Crippen LogP contribution in [-0.4, -0.2) is 9.67 Å². The van der Waals surface area contributed by atoms with Gasteiger partial charge in [0.2, 0.25) is 6.20 Å². The van der Waals surface area contributed by atoms with Crippen molar-refractivity contribution in [1.82, 2.24) is 9.67 Å². The Bertz CT molecular complexity index is 819. The molecule has 0 fully saturated rings. The molecule has 2 aromatic heterocycles. The van der Waals surface area contributed by atoms with Crippen molar-refractivity contribution >= 4 is 5.52 Å². The van der Waals surface area contributed by atoms with Gasteiger partial charge in [0, 0.05) is 12.1 Å². The molecule has 1 N–H and O–H groups in total. The first-order valence-electron chi connectivity index (χ1n) is 5.48. The monoisotopic (exact) mass is 240 g/mol. The van der Waals surface area contributed by atoms with E-state index in [-0.39, 0.29) is 5.56 Å². The van der Waals surface area contributed by atoms with Crippen molar-refractivity contribution in [3.63, 3.8) is 0 Å². The molecular formula is C13H10N3O2+. The Morgan fingerprint density at radius 2 is 1.67 bits per heavy atom. The predicted octanol–water partition coefficient (Wildman–Crippen LogP) is 0.264. The number of aromatic amines is 1. The van der Waals surface area contributed by atoms with Crippen LogP contribution in [0.25, 0.3) is 11.2 Å². The molecule has 0 saturated heterocycles. The molecule has 5 heteroatoms. The summed E-state index contributed by atoms with van der Waals surface area (Å²) in [7, 11) is 0. The molecule has 0 unspecified atom stereocenters. The molecule has 0 radical (unpaired) electrons. The Morgan fingerprint density at radius 1 is 0.944 bits per heavy atom. The highest BCUT2D eigenvalue weighted by Crippen LogP contribution is 2.00. The number of fused-ring (bicyclic) bond motifs is 1. The molecule has 0 atom stereocenters. The summed E-state index contributed by atoms with van der Waals surface area (Å²) < 4.78 is 2.54. The molecule has 2 heterocycles. The van der Waals surface area contributed by atoms with Gasteiger partial charge in [-0.15, -0.1) is 5.10 Å². The predicted molar refractivity (Wildman–Crippen MR) is 65.8 cm³/mol. The van der Waals surface area contributed by atoms with E-state index in [1.807, 2.05) is 6.07 Å². The van der Waals surface area contributed by atoms with Crippen LogP contribution in [0.3, 0.4) is 0 Å². The molecule has 0 aliphatic carbocycles. The van der Waals surface area contributed by atoms with Crippen molar-refractivity contribution in [2.45, 2.75) is 0 Å². The first-order chi connectivity index (χ1) is 8.77. The van der Waals surface area contributed by atoms with Crippen molar-refractivity contribution in [3.05, 3.63) is 75.6 Å². The summed E-state index contributed by atoms with van der Waals surface area (Å²) >= 11 is 0. The van der Waals surface area contributed by atoms with Crippen molar-refractivity contribution in [1.29, 1.82) is 0 Å². The first-order valence-corrected chi connectivity index (χ1v) is 5.48. The molecule has 3 rings (SSSR count). The zero-order valence-corrected chi connectivity index (χ0v) is 9.41. The fourth-order valence-corrected chi connectivity index (χ4v) is 1.89. The van der Waals surface area contributed by atoms with Gasteiger partial charge in [0.05, 0.1) is 5.69 Å². The van der Waals surface area contributed by atoms with Crippen molar-refractivity contribution in [3.8, 4) is 5.69 Å². The molecule has 0 spiro atoms. The molecule has 18 heavy (non-hydrogen) atoms. The minimum Gasteiger partial charge on any atom is -0.261 e. The highest BCUT2D eigenvalue weighted by molar-refractivity contribution is 5.39. The first kappa shape index (κ1) is 10.5. The van der Waals surface area contributed by atoms with Crippen molar-refractivity contribution in [2.75, 3.05) is 0 Å². The van der Waals surface area contributed by atoms with Gasteiger partial charge in [0.1, 0.15) is 0 Å². The number of hydrogen-bond acceptors (Lipinski definition) is 2. The van der Waals surface area contributed by atoms with Gasteiger partial charge in [-0.3, -0.25) is 4.79 Å². The summed E-state index contributed by atoms with van der Waals surface area (Å²) in [6.07, 6.45) is 1.63. The molecule has 1 aromatic carbocycles. The smallest absolute Gasteiger partial charge is 0.261 e. The molecule has 0 bridgehead atoms. The topological polar surface area (TPSA) is 59.0 Å². The van der Waals surface area contributed by atoms with Gasteiger partial charge in [0.25, 0.3) is 0 Å². The van der Waals surface area contributed by atoms with Crippen LogP contribution in [0.2, 0.25) is 0 Å². The Hall–Kier alpha value is -2.69. The maximum absolute atomic E-state index is 12.3. The summed E-state index contributed by atoms with van der Waals surface area (Å²) in [6.45, 7) is 0. The van der Waals surface area contributed by atoms with Crippen LogP contribution in [0.1, 0.15) is 0 Å². The van der Waals surface area contributed by atoms with Gasteiger partial charge in [-0.2, -0.15) is 0 Å². The van der Waals surface area contributed by atoms with E-state index < -0.39 is 5.69 Å². The fraction of sp³-hybridized carbons (Fsp3) is 0. The van der Waals surface area contributed by atoms with E-state index in [0.717, 1.165) is 4.57 Å². The average Bonchev–Trinajstić information content (AvgIpc) is 2.40. The number of H-pyrrole nitrogens is 1. The van der Waals surface area contributed by atoms with E-state index in [1.165, 1.54) is 4.52 Å². The van der Waals surface area contributed by atoms with Gasteiger partial charge in [0.15, 0.2) is 0 Å². The zero-order chi connectivity index (χ0) is 12.5. The molecule has 0 saturated carbocycles. The molecule has 5 nitrogen and oxygen atoms in total. The van der Waals surface area contributed by atoms with E-state index in [1.54, 1.807) is 48.7 Å². The third kappa shape index (κ3) is 1.53. The number of pyridine rings is 1. The maximum atomic E-state index is 12.3. The number of nitrogens with one attached hydrogen (secondary N) is 1. The van der Waals surface area contributed by atoms with E-state index in [0.29, 0.717) is 11.2 Å². The number of hydrogen-bond donors (Lipinski definition) is 1. The molecule has 0 aliphatic rings.